The molecule has 0 saturated heterocycles. The van der Waals surface area contributed by atoms with E-state index in [2.05, 4.69) is 123 Å². The summed E-state index contributed by atoms with van der Waals surface area (Å²) in [6, 6.07) is 60.3. The number of ketones is 4. The minimum atomic E-state index is -4.03. The van der Waals surface area contributed by atoms with Gasteiger partial charge >= 0.3 is 0 Å². The van der Waals surface area contributed by atoms with Gasteiger partial charge in [-0.3, -0.25) is 19.2 Å². The maximum atomic E-state index is 14.1. The van der Waals surface area contributed by atoms with Gasteiger partial charge in [0.25, 0.3) is 10.0 Å². The van der Waals surface area contributed by atoms with Gasteiger partial charge in [0.05, 0.1) is 36.8 Å². The molecule has 1 aromatic heterocycles. The van der Waals surface area contributed by atoms with Gasteiger partial charge in [0.1, 0.15) is 17.6 Å². The van der Waals surface area contributed by atoms with Crippen molar-refractivity contribution in [3.8, 4) is 23.0 Å². The number of halogens is 1. The summed E-state index contributed by atoms with van der Waals surface area (Å²) in [6.45, 7) is 15.2. The van der Waals surface area contributed by atoms with E-state index >= 15 is 0 Å². The quantitative estimate of drug-likeness (QED) is 0.106. The Kier molecular flexibility index (Phi) is 21.2. The molecule has 9 aliphatic rings. The molecule has 0 radical (unpaired) electrons. The van der Waals surface area contributed by atoms with Crippen LogP contribution >= 0.6 is 0 Å². The van der Waals surface area contributed by atoms with Gasteiger partial charge in [0.2, 0.25) is 6.79 Å². The van der Waals surface area contributed by atoms with Gasteiger partial charge in [0, 0.05) is 106 Å². The number of allylic oxidation sites excluding steroid dienone is 7. The Balaban J connectivity index is 0.000000119. The van der Waals surface area contributed by atoms with E-state index in [-0.39, 0.29) is 74.6 Å². The highest BCUT2D eigenvalue weighted by Crippen LogP contribution is 2.53. The zero-order valence-corrected chi connectivity index (χ0v) is 65.8. The van der Waals surface area contributed by atoms with E-state index in [1.54, 1.807) is 50.6 Å². The number of anilines is 5. The Hall–Kier alpha value is -11.2. The first kappa shape index (κ1) is 76.1. The molecule has 18 rings (SSSR count). The molecule has 0 amide bonds. The number of hydrogen-bond donors (Lipinski definition) is 4. The van der Waals surface area contributed by atoms with E-state index in [0.717, 1.165) is 142 Å². The fourth-order valence-electron chi connectivity index (χ4n) is 17.7. The van der Waals surface area contributed by atoms with Crippen molar-refractivity contribution in [1.29, 1.82) is 0 Å². The summed E-state index contributed by atoms with van der Waals surface area (Å²) in [5.41, 5.74) is 19.3. The molecule has 0 saturated carbocycles. The largest absolute Gasteiger partial charge is 0.493 e. The first-order valence-corrected chi connectivity index (χ1v) is 40.3. The lowest BCUT2D eigenvalue weighted by Crippen LogP contribution is -2.37. The van der Waals surface area contributed by atoms with Crippen LogP contribution in [-0.2, 0) is 54.9 Å². The minimum absolute atomic E-state index is 0.00504. The summed E-state index contributed by atoms with van der Waals surface area (Å²) in [4.78, 5) is 52.8. The van der Waals surface area contributed by atoms with E-state index in [0.29, 0.717) is 66.3 Å². The maximum absolute atomic E-state index is 14.1. The van der Waals surface area contributed by atoms with Gasteiger partial charge in [-0.2, -0.15) is 0 Å². The topological polar surface area (TPSA) is 204 Å². The molecule has 18 heteroatoms. The molecule has 9 aromatic rings. The molecular formula is C94H96FN5O11S. The molecule has 6 heterocycles. The van der Waals surface area contributed by atoms with Gasteiger partial charge in [-0.05, 0) is 204 Å². The van der Waals surface area contributed by atoms with Crippen molar-refractivity contribution in [3.63, 3.8) is 0 Å². The van der Waals surface area contributed by atoms with Crippen LogP contribution in [0, 0.1) is 22.1 Å². The summed E-state index contributed by atoms with van der Waals surface area (Å²) in [6.07, 6.45) is 10.7. The van der Waals surface area contributed by atoms with Crippen molar-refractivity contribution >= 4 is 61.6 Å². The van der Waals surface area contributed by atoms with Crippen LogP contribution in [-0.4, -0.2) is 52.6 Å². The van der Waals surface area contributed by atoms with Crippen molar-refractivity contribution < 1.29 is 55.4 Å². The lowest BCUT2D eigenvalue weighted by molar-refractivity contribution is -0.119. The van der Waals surface area contributed by atoms with Gasteiger partial charge in [0.15, 0.2) is 46.1 Å². The predicted molar refractivity (Wildman–Crippen MR) is 436 cm³/mol. The third-order valence-corrected chi connectivity index (χ3v) is 24.8. The fraction of sp³-hybridized carbons (Fsp3) is 0.319. The number of sulfonamides is 1. The van der Waals surface area contributed by atoms with Crippen LogP contribution in [0.25, 0.3) is 0 Å². The molecule has 4 atom stereocenters. The Labute approximate surface area is 655 Å². The van der Waals surface area contributed by atoms with Gasteiger partial charge in [-0.15, -0.1) is 0 Å². The maximum Gasteiger partial charge on any atom is 0.265 e. The predicted octanol–water partition coefficient (Wildman–Crippen LogP) is 20.3. The van der Waals surface area contributed by atoms with Crippen LogP contribution in [0.4, 0.5) is 32.8 Å². The number of carbonyl (C=O) groups is 4. The molecule has 0 fully saturated rings. The van der Waals surface area contributed by atoms with Crippen molar-refractivity contribution in [2.24, 2.45) is 16.2 Å². The molecule has 4 aliphatic carbocycles. The number of fused-ring (bicyclic) bond motifs is 5. The SMILES string of the molecule is CC1(C)CC(=O)C2=C(C1)Nc1ccccc1CC2c1ccc(F)cc1.CC1(C)CC(=O)C2=C(C1)Nc1ccccc1CC2c1ccc2c(c1)OCO2.CCc1ccc(S(=O)(=O)N2c3ccccc3NC3=C(C(=O)CCC3)C2c2ccco2)cc1.COc1ccc(C2Cc3ccccc3NC3=C2C(=O)CC(C)(C)C3)cc1OC. The molecule has 0 bridgehead atoms. The zero-order chi connectivity index (χ0) is 78.4. The van der Waals surface area contributed by atoms with Crippen LogP contribution in [0.15, 0.2) is 255 Å². The number of aryl methyl sites for hydroxylation is 1. The van der Waals surface area contributed by atoms with Gasteiger partial charge in [-0.25, -0.2) is 17.1 Å². The number of carbonyl (C=O) groups excluding carboxylic acids is 4. The van der Waals surface area contributed by atoms with Crippen LogP contribution in [0.5, 0.6) is 23.0 Å². The van der Waals surface area contributed by atoms with Crippen molar-refractivity contribution in [2.45, 2.75) is 161 Å². The molecular weight excluding hydrogens is 1430 g/mol. The monoisotopic (exact) mass is 1520 g/mol. The summed E-state index contributed by atoms with van der Waals surface area (Å²) in [7, 11) is -0.747. The fourth-order valence-corrected chi connectivity index (χ4v) is 19.3. The number of nitrogens with zero attached hydrogens (tertiary/aromatic N) is 1. The highest BCUT2D eigenvalue weighted by molar-refractivity contribution is 7.92. The Bertz CT molecular complexity index is 5420. The van der Waals surface area contributed by atoms with Crippen LogP contribution in [0.1, 0.15) is 175 Å². The number of methoxy groups -OCH3 is 2. The smallest absolute Gasteiger partial charge is 0.265 e. The number of Topliss-reactive ketones (excluding diaryl/α,β-unsaturated/α-hetero) is 4. The molecule has 5 aliphatic heterocycles. The third kappa shape index (κ3) is 15.6. The molecule has 4 N–H and O–H groups in total. The highest BCUT2D eigenvalue weighted by Gasteiger charge is 2.46. The number of furan rings is 1. The zero-order valence-electron chi connectivity index (χ0n) is 65.0. The third-order valence-electron chi connectivity index (χ3n) is 23.0. The minimum Gasteiger partial charge on any atom is -0.493 e. The molecule has 4 unspecified atom stereocenters. The molecule has 0 spiro atoms. The number of ether oxygens (including phenoxy) is 4. The van der Waals surface area contributed by atoms with E-state index in [9.17, 15) is 32.0 Å². The first-order valence-electron chi connectivity index (χ1n) is 38.8. The standard InChI is InChI=1S/C25H24N2O4S.C24H27NO3.C23H23NO3.C22H22FNO/c1-2-17-12-14-18(15-13-17)32(29,30)27-21-9-4-3-7-19(21)26-20-8-5-10-22(28)24(20)25(27)23-11-6-16-31-23;1-24(2)13-19-23(20(26)14-24)17(11-16-7-5-6-8-18(16)25-19)15-9-10-21(27-3)22(12-15)28-4;1-23(2)11-18-22(19(25)12-23)16(9-15-5-3-4-6-17(15)24-18)14-7-8-20-21(10-14)27-13-26-20;1-22(2)12-19-21(20(25)13-22)17(14-7-9-16(23)10-8-14)11-15-5-3-4-6-18(15)24-19/h3-4,6-7,9,11-16,25-26H,2,5,8,10H2,1H3;5-10,12,17,25H,11,13-14H2,1-4H3;3-8,10,16,24H,9,11-13H2,1-2H3;3-10,17,24H,11-13H2,1-2H3. The van der Waals surface area contributed by atoms with Crippen LogP contribution in [0.2, 0.25) is 0 Å². The van der Waals surface area contributed by atoms with Crippen molar-refractivity contribution in [3.05, 3.63) is 296 Å². The van der Waals surface area contributed by atoms with Gasteiger partial charge < -0.3 is 44.6 Å². The van der Waals surface area contributed by atoms with Gasteiger partial charge in [-0.1, -0.05) is 152 Å². The number of hydrogen-bond acceptors (Lipinski definition) is 15. The second-order valence-corrected chi connectivity index (χ2v) is 34.7. The van der Waals surface area contributed by atoms with E-state index in [1.165, 1.54) is 39.4 Å². The van der Waals surface area contributed by atoms with Crippen molar-refractivity contribution in [2.75, 3.05) is 46.6 Å². The summed E-state index contributed by atoms with van der Waals surface area (Å²) < 4.78 is 70.7. The molecule has 576 valence electrons. The Morgan fingerprint density at radius 2 is 0.929 bits per heavy atom. The normalized spacial score (nSPS) is 20.8. The summed E-state index contributed by atoms with van der Waals surface area (Å²) in [5.74, 6) is 3.73. The molecule has 112 heavy (non-hydrogen) atoms. The van der Waals surface area contributed by atoms with E-state index in [1.807, 2.05) is 91.9 Å². The second-order valence-electron chi connectivity index (χ2n) is 32.9. The molecule has 16 nitrogen and oxygen atoms in total. The average molecular weight is 1520 g/mol. The highest BCUT2D eigenvalue weighted by atomic mass is 32.2. The van der Waals surface area contributed by atoms with Crippen molar-refractivity contribution in [1.82, 2.24) is 0 Å². The second kappa shape index (κ2) is 31.1. The van der Waals surface area contributed by atoms with E-state index < -0.39 is 16.1 Å². The average Bonchev–Trinajstić information content (AvgIpc) is 1.49. The van der Waals surface area contributed by atoms with Crippen LogP contribution in [0.3, 0.4) is 0 Å². The number of rotatable bonds is 9. The van der Waals surface area contributed by atoms with Crippen LogP contribution < -0.4 is 44.5 Å². The Morgan fingerprint density at radius 1 is 0.464 bits per heavy atom. The first-order chi connectivity index (χ1) is 53.8. The van der Waals surface area contributed by atoms with E-state index in [4.69, 9.17) is 23.4 Å². The number of para-hydroxylation sites is 5. The summed E-state index contributed by atoms with van der Waals surface area (Å²) >= 11 is 0. The Morgan fingerprint density at radius 3 is 1.44 bits per heavy atom. The number of benzene rings is 8. The number of nitrogens with one attached hydrogen (secondary N) is 4. The lowest BCUT2D eigenvalue weighted by Gasteiger charge is -2.34. The lowest BCUT2D eigenvalue weighted by atomic mass is 9.71. The summed E-state index contributed by atoms with van der Waals surface area (Å²) in [5, 5.41) is 14.1. The molecule has 8 aromatic carbocycles.